The van der Waals surface area contributed by atoms with Gasteiger partial charge in [0, 0.05) is 0 Å². The van der Waals surface area contributed by atoms with Crippen molar-refractivity contribution in [3.05, 3.63) is 28.6 Å². The van der Waals surface area contributed by atoms with Gasteiger partial charge in [-0.15, -0.1) is 0 Å². The lowest BCUT2D eigenvalue weighted by Gasteiger charge is -2.10. The van der Waals surface area contributed by atoms with Crippen LogP contribution in [-0.4, -0.2) is 18.2 Å². The molecule has 1 aromatic rings. The number of ether oxygens (including phenoxy) is 1. The molecule has 0 aliphatic heterocycles. The van der Waals surface area contributed by atoms with Gasteiger partial charge >= 0.3 is 5.97 Å². The van der Waals surface area contributed by atoms with Gasteiger partial charge in [0.1, 0.15) is 17.1 Å². The van der Waals surface area contributed by atoms with E-state index in [4.69, 9.17) is 9.84 Å². The molecule has 0 atom stereocenters. The van der Waals surface area contributed by atoms with Crippen LogP contribution in [0.3, 0.4) is 0 Å². The van der Waals surface area contributed by atoms with Gasteiger partial charge in [0.05, 0.1) is 7.11 Å². The molecule has 1 aromatic carbocycles. The minimum atomic E-state index is -1.31. The summed E-state index contributed by atoms with van der Waals surface area (Å²) in [5, 5.41) is 8.81. The molecule has 0 saturated heterocycles. The van der Waals surface area contributed by atoms with Crippen LogP contribution in [0.2, 0.25) is 0 Å². The molecule has 0 unspecified atom stereocenters. The summed E-state index contributed by atoms with van der Waals surface area (Å²) in [7, 11) is 1.32. The van der Waals surface area contributed by atoms with E-state index in [0.29, 0.717) is 11.1 Å². The number of hydrogen-bond donors (Lipinski definition) is 1. The Morgan fingerprint density at radius 2 is 2.00 bits per heavy atom. The normalized spacial score (nSPS) is 10.0. The van der Waals surface area contributed by atoms with Crippen LogP contribution in [0, 0.1) is 19.7 Å². The Labute approximate surface area is 81.1 Å². The SMILES string of the molecule is COc1c(C)cc(C)c(F)c1C(=O)O. The Bertz CT molecular complexity index is 385. The highest BCUT2D eigenvalue weighted by molar-refractivity contribution is 5.92. The summed E-state index contributed by atoms with van der Waals surface area (Å²) >= 11 is 0. The Morgan fingerprint density at radius 1 is 1.43 bits per heavy atom. The van der Waals surface area contributed by atoms with Crippen LogP contribution in [0.1, 0.15) is 21.5 Å². The van der Waals surface area contributed by atoms with E-state index in [-0.39, 0.29) is 5.75 Å². The van der Waals surface area contributed by atoms with E-state index in [0.717, 1.165) is 0 Å². The zero-order valence-electron chi connectivity index (χ0n) is 8.22. The van der Waals surface area contributed by atoms with Gasteiger partial charge in [0.15, 0.2) is 0 Å². The lowest BCUT2D eigenvalue weighted by molar-refractivity contribution is 0.0687. The zero-order valence-corrected chi connectivity index (χ0v) is 8.22. The third-order valence-electron chi connectivity index (χ3n) is 2.00. The fraction of sp³-hybridized carbons (Fsp3) is 0.300. The van der Waals surface area contributed by atoms with Crippen LogP contribution >= 0.6 is 0 Å². The molecule has 0 spiro atoms. The number of rotatable bonds is 2. The molecule has 3 nitrogen and oxygen atoms in total. The molecule has 14 heavy (non-hydrogen) atoms. The van der Waals surface area contributed by atoms with Crippen LogP contribution in [0.15, 0.2) is 6.07 Å². The highest BCUT2D eigenvalue weighted by Crippen LogP contribution is 2.28. The molecule has 0 aliphatic rings. The number of aryl methyl sites for hydroxylation is 2. The summed E-state index contributed by atoms with van der Waals surface area (Å²) in [6.45, 7) is 3.20. The molecule has 0 aliphatic carbocycles. The average Bonchev–Trinajstić information content (AvgIpc) is 2.10. The minimum absolute atomic E-state index is 0.0839. The van der Waals surface area contributed by atoms with Gasteiger partial charge in [-0.3, -0.25) is 0 Å². The van der Waals surface area contributed by atoms with Gasteiger partial charge < -0.3 is 9.84 Å². The van der Waals surface area contributed by atoms with E-state index in [2.05, 4.69) is 0 Å². The van der Waals surface area contributed by atoms with Gasteiger partial charge in [-0.2, -0.15) is 0 Å². The molecule has 0 heterocycles. The van der Waals surface area contributed by atoms with Crippen LogP contribution < -0.4 is 4.74 Å². The molecule has 0 amide bonds. The molecule has 76 valence electrons. The summed E-state index contributed by atoms with van der Waals surface area (Å²) < 4.78 is 18.3. The molecule has 0 saturated carbocycles. The molecule has 0 aromatic heterocycles. The Kier molecular flexibility index (Phi) is 2.74. The Hall–Kier alpha value is -1.58. The standard InChI is InChI=1S/C10H11FO3/c1-5-4-6(2)9(14-3)7(8(5)11)10(12)13/h4H,1-3H3,(H,12,13). The van der Waals surface area contributed by atoms with Crippen molar-refractivity contribution in [2.45, 2.75) is 13.8 Å². The highest BCUT2D eigenvalue weighted by Gasteiger charge is 2.20. The number of benzene rings is 1. The quantitative estimate of drug-likeness (QED) is 0.791. The topological polar surface area (TPSA) is 46.5 Å². The van der Waals surface area contributed by atoms with Crippen LogP contribution in [0.4, 0.5) is 4.39 Å². The van der Waals surface area contributed by atoms with E-state index in [1.165, 1.54) is 14.0 Å². The maximum atomic E-state index is 13.4. The van der Waals surface area contributed by atoms with Crippen LogP contribution in [-0.2, 0) is 0 Å². The zero-order chi connectivity index (χ0) is 10.9. The van der Waals surface area contributed by atoms with Crippen molar-refractivity contribution in [2.75, 3.05) is 7.11 Å². The predicted molar refractivity (Wildman–Crippen MR) is 49.4 cm³/mol. The number of carboxylic acid groups (broad SMARTS) is 1. The van der Waals surface area contributed by atoms with Gasteiger partial charge in [0.2, 0.25) is 0 Å². The minimum Gasteiger partial charge on any atom is -0.495 e. The van der Waals surface area contributed by atoms with Gasteiger partial charge in [0.25, 0.3) is 0 Å². The molecule has 1 rings (SSSR count). The number of aromatic carboxylic acids is 1. The van der Waals surface area contributed by atoms with Crippen LogP contribution in [0.5, 0.6) is 5.75 Å². The first kappa shape index (κ1) is 10.5. The first-order valence-electron chi connectivity index (χ1n) is 4.06. The number of halogens is 1. The van der Waals surface area contributed by atoms with Crippen molar-refractivity contribution in [3.8, 4) is 5.75 Å². The summed E-state index contributed by atoms with van der Waals surface area (Å²) in [4.78, 5) is 10.8. The molecule has 1 N–H and O–H groups in total. The van der Waals surface area contributed by atoms with E-state index < -0.39 is 17.3 Å². The van der Waals surface area contributed by atoms with Crippen molar-refractivity contribution in [1.82, 2.24) is 0 Å². The monoisotopic (exact) mass is 198 g/mol. The number of carboxylic acids is 1. The molecule has 0 bridgehead atoms. The van der Waals surface area contributed by atoms with E-state index in [9.17, 15) is 9.18 Å². The second-order valence-corrected chi connectivity index (χ2v) is 3.04. The lowest BCUT2D eigenvalue weighted by Crippen LogP contribution is -2.07. The van der Waals surface area contributed by atoms with Crippen molar-refractivity contribution in [2.24, 2.45) is 0 Å². The second-order valence-electron chi connectivity index (χ2n) is 3.04. The number of methoxy groups -OCH3 is 1. The average molecular weight is 198 g/mol. The third kappa shape index (κ3) is 1.55. The van der Waals surface area contributed by atoms with Gasteiger partial charge in [-0.25, -0.2) is 9.18 Å². The fourth-order valence-electron chi connectivity index (χ4n) is 1.40. The number of carbonyl (C=O) groups is 1. The van der Waals surface area contributed by atoms with Crippen molar-refractivity contribution in [1.29, 1.82) is 0 Å². The maximum absolute atomic E-state index is 13.4. The van der Waals surface area contributed by atoms with Crippen LogP contribution in [0.25, 0.3) is 0 Å². The fourth-order valence-corrected chi connectivity index (χ4v) is 1.40. The second kappa shape index (κ2) is 3.65. The molecule has 0 radical (unpaired) electrons. The third-order valence-corrected chi connectivity index (χ3v) is 2.00. The first-order valence-corrected chi connectivity index (χ1v) is 4.06. The summed E-state index contributed by atoms with van der Waals surface area (Å²) in [5.74, 6) is -1.97. The predicted octanol–water partition coefficient (Wildman–Crippen LogP) is 2.15. The molecule has 0 fully saturated rings. The van der Waals surface area contributed by atoms with Crippen molar-refractivity contribution >= 4 is 5.97 Å². The summed E-state index contributed by atoms with van der Waals surface area (Å²) in [5.41, 5.74) is 0.523. The van der Waals surface area contributed by atoms with E-state index in [1.54, 1.807) is 13.0 Å². The Balaban J connectivity index is 3.56. The molecule has 4 heteroatoms. The van der Waals surface area contributed by atoms with Crippen molar-refractivity contribution < 1.29 is 19.0 Å². The smallest absolute Gasteiger partial charge is 0.342 e. The highest BCUT2D eigenvalue weighted by atomic mass is 19.1. The number of hydrogen-bond acceptors (Lipinski definition) is 2. The van der Waals surface area contributed by atoms with Gasteiger partial charge in [-0.1, -0.05) is 0 Å². The van der Waals surface area contributed by atoms with E-state index in [1.807, 2.05) is 0 Å². The largest absolute Gasteiger partial charge is 0.495 e. The summed E-state index contributed by atoms with van der Waals surface area (Å²) in [6.07, 6.45) is 0. The molecular weight excluding hydrogens is 187 g/mol. The van der Waals surface area contributed by atoms with Crippen molar-refractivity contribution in [3.63, 3.8) is 0 Å². The lowest BCUT2D eigenvalue weighted by atomic mass is 10.0. The molecular formula is C10H11FO3. The van der Waals surface area contributed by atoms with E-state index >= 15 is 0 Å². The maximum Gasteiger partial charge on any atom is 0.342 e. The first-order chi connectivity index (χ1) is 6.49. The summed E-state index contributed by atoms with van der Waals surface area (Å²) in [6, 6.07) is 1.56. The Morgan fingerprint density at radius 3 is 2.43 bits per heavy atom. The van der Waals surface area contributed by atoms with Gasteiger partial charge in [-0.05, 0) is 31.0 Å².